The number of ether oxygens (including phenoxy) is 1. The molecule has 0 bridgehead atoms. The molecule has 2 aliphatic rings. The molecule has 4 atom stereocenters. The molecule has 0 fully saturated rings. The summed E-state index contributed by atoms with van der Waals surface area (Å²) in [5.41, 5.74) is 3.26. The van der Waals surface area contributed by atoms with E-state index < -0.39 is 24.2 Å². The Kier molecular flexibility index (Phi) is 6.32. The monoisotopic (exact) mass is 475 g/mol. The van der Waals surface area contributed by atoms with Crippen LogP contribution >= 0.6 is 0 Å². The van der Waals surface area contributed by atoms with Crippen LogP contribution in [0.25, 0.3) is 10.9 Å². The Balaban J connectivity index is 1.45. The number of aromatic amines is 1. The maximum Gasteiger partial charge on any atom is 0.247 e. The van der Waals surface area contributed by atoms with E-state index in [2.05, 4.69) is 16.4 Å². The third-order valence-electron chi connectivity index (χ3n) is 6.85. The van der Waals surface area contributed by atoms with Gasteiger partial charge in [0.05, 0.1) is 18.6 Å². The van der Waals surface area contributed by atoms with Crippen LogP contribution in [0.1, 0.15) is 24.1 Å². The Labute approximate surface area is 203 Å². The second-order valence-corrected chi connectivity index (χ2v) is 9.02. The first kappa shape index (κ1) is 23.1. The molecule has 8 nitrogen and oxygen atoms in total. The molecule has 35 heavy (non-hydrogen) atoms. The maximum absolute atomic E-state index is 13.1. The van der Waals surface area contributed by atoms with Crippen molar-refractivity contribution in [3.05, 3.63) is 77.5 Å². The van der Waals surface area contributed by atoms with Gasteiger partial charge in [-0.3, -0.25) is 9.59 Å². The van der Waals surface area contributed by atoms with Crippen molar-refractivity contribution < 1.29 is 24.5 Å². The number of rotatable bonds is 7. The van der Waals surface area contributed by atoms with Crippen molar-refractivity contribution in [2.24, 2.45) is 0 Å². The Bertz CT molecular complexity index is 1250. The first-order valence-electron chi connectivity index (χ1n) is 11.9. The summed E-state index contributed by atoms with van der Waals surface area (Å²) in [6, 6.07) is 16.7. The molecule has 1 aromatic heterocycles. The van der Waals surface area contributed by atoms with Crippen LogP contribution in [-0.2, 0) is 16.0 Å². The smallest absolute Gasteiger partial charge is 0.247 e. The van der Waals surface area contributed by atoms with Crippen molar-refractivity contribution in [1.82, 2.24) is 15.2 Å². The molecule has 1 aliphatic heterocycles. The number of hydrogen-bond donors (Lipinski definition) is 4. The number of hydrogen-bond acceptors (Lipinski definition) is 5. The molecule has 3 aromatic rings. The zero-order valence-corrected chi connectivity index (χ0v) is 19.5. The van der Waals surface area contributed by atoms with E-state index in [0.29, 0.717) is 24.3 Å². The van der Waals surface area contributed by atoms with Gasteiger partial charge in [-0.2, -0.15) is 0 Å². The van der Waals surface area contributed by atoms with Crippen LogP contribution in [0.2, 0.25) is 0 Å². The number of H-pyrrole nitrogens is 1. The number of nitrogens with one attached hydrogen (secondary N) is 2. The molecule has 0 spiro atoms. The zero-order chi connectivity index (χ0) is 24.5. The van der Waals surface area contributed by atoms with E-state index in [1.54, 1.807) is 11.0 Å². The van der Waals surface area contributed by atoms with Crippen LogP contribution in [0.4, 0.5) is 0 Å². The SMILES string of the molecule is CC(=O)N(CCc1cc2ccccc2[nH]1)C1C=C(C(=O)NCCO)C2c3ccccc3OC2C1O. The van der Waals surface area contributed by atoms with Gasteiger partial charge in [-0.15, -0.1) is 0 Å². The first-order valence-corrected chi connectivity index (χ1v) is 11.9. The lowest BCUT2D eigenvalue weighted by atomic mass is 9.77. The average Bonchev–Trinajstić information content (AvgIpc) is 3.45. The lowest BCUT2D eigenvalue weighted by Crippen LogP contribution is -2.55. The van der Waals surface area contributed by atoms with E-state index in [1.165, 1.54) is 6.92 Å². The lowest BCUT2D eigenvalue weighted by Gasteiger charge is -2.40. The Morgan fingerprint density at radius 3 is 2.69 bits per heavy atom. The number of carbonyl (C=O) groups excluding carboxylic acids is 2. The highest BCUT2D eigenvalue weighted by Crippen LogP contribution is 2.47. The number of aromatic nitrogens is 1. The van der Waals surface area contributed by atoms with Crippen LogP contribution in [-0.4, -0.2) is 69.9 Å². The predicted octanol–water partition coefficient (Wildman–Crippen LogP) is 1.88. The van der Waals surface area contributed by atoms with Gasteiger partial charge in [0.2, 0.25) is 11.8 Å². The standard InChI is InChI=1S/C27H29N3O5/c1-16(32)30(12-10-18-14-17-6-2-4-8-21(17)29-18)22-15-20(27(34)28-11-13-31)24-19-7-3-5-9-23(19)35-26(24)25(22)33/h2-9,14-15,22,24-26,29,31,33H,10-13H2,1H3,(H,28,34). The molecule has 2 aromatic carbocycles. The summed E-state index contributed by atoms with van der Waals surface area (Å²) in [5.74, 6) is -0.384. The zero-order valence-electron chi connectivity index (χ0n) is 19.5. The molecular formula is C27H29N3O5. The minimum absolute atomic E-state index is 0.111. The molecule has 8 heteroatoms. The Morgan fingerprint density at radius 1 is 1.14 bits per heavy atom. The van der Waals surface area contributed by atoms with Crippen molar-refractivity contribution in [3.63, 3.8) is 0 Å². The molecule has 5 rings (SSSR count). The highest BCUT2D eigenvalue weighted by atomic mass is 16.5. The fourth-order valence-electron chi connectivity index (χ4n) is 5.22. The number of nitrogens with zero attached hydrogens (tertiary/aromatic N) is 1. The Hall–Kier alpha value is -3.62. The highest BCUT2D eigenvalue weighted by molar-refractivity contribution is 5.96. The summed E-state index contributed by atoms with van der Waals surface area (Å²) in [5, 5.41) is 24.4. The van der Waals surface area contributed by atoms with Crippen molar-refractivity contribution in [2.75, 3.05) is 19.7 Å². The van der Waals surface area contributed by atoms with Crippen LogP contribution in [0.3, 0.4) is 0 Å². The molecule has 2 heterocycles. The number of aliphatic hydroxyl groups is 2. The summed E-state index contributed by atoms with van der Waals surface area (Å²) in [7, 11) is 0. The van der Waals surface area contributed by atoms with Gasteiger partial charge < -0.3 is 30.2 Å². The molecule has 182 valence electrons. The third kappa shape index (κ3) is 4.31. The van der Waals surface area contributed by atoms with Gasteiger partial charge >= 0.3 is 0 Å². The number of amides is 2. The van der Waals surface area contributed by atoms with Gasteiger partial charge in [0.1, 0.15) is 18.0 Å². The molecule has 0 saturated carbocycles. The topological polar surface area (TPSA) is 115 Å². The fourth-order valence-corrected chi connectivity index (χ4v) is 5.22. The second-order valence-electron chi connectivity index (χ2n) is 9.02. The van der Waals surface area contributed by atoms with Crippen LogP contribution in [0.5, 0.6) is 5.75 Å². The van der Waals surface area contributed by atoms with E-state index in [4.69, 9.17) is 4.74 Å². The quantitative estimate of drug-likeness (QED) is 0.417. The van der Waals surface area contributed by atoms with Crippen molar-refractivity contribution in [3.8, 4) is 5.75 Å². The number of para-hydroxylation sites is 2. The van der Waals surface area contributed by atoms with Crippen LogP contribution < -0.4 is 10.1 Å². The number of benzene rings is 2. The minimum Gasteiger partial charge on any atom is -0.486 e. The second kappa shape index (κ2) is 9.56. The van der Waals surface area contributed by atoms with Gasteiger partial charge in [-0.1, -0.05) is 36.4 Å². The Morgan fingerprint density at radius 2 is 1.91 bits per heavy atom. The van der Waals surface area contributed by atoms with E-state index >= 15 is 0 Å². The summed E-state index contributed by atoms with van der Waals surface area (Å²) >= 11 is 0. The summed E-state index contributed by atoms with van der Waals surface area (Å²) < 4.78 is 6.11. The van der Waals surface area contributed by atoms with E-state index in [9.17, 15) is 19.8 Å². The van der Waals surface area contributed by atoms with Gasteiger partial charge in [0, 0.05) is 48.8 Å². The van der Waals surface area contributed by atoms with Crippen LogP contribution in [0, 0.1) is 0 Å². The normalized spacial score (nSPS) is 22.7. The number of aliphatic hydroxyl groups excluding tert-OH is 2. The summed E-state index contributed by atoms with van der Waals surface area (Å²) in [6.45, 7) is 1.75. The first-order chi connectivity index (χ1) is 17.0. The highest BCUT2D eigenvalue weighted by Gasteiger charge is 2.50. The van der Waals surface area contributed by atoms with Gasteiger partial charge in [-0.25, -0.2) is 0 Å². The summed E-state index contributed by atoms with van der Waals surface area (Å²) in [6.07, 6.45) is 0.531. The van der Waals surface area contributed by atoms with Gasteiger partial charge in [0.25, 0.3) is 0 Å². The molecule has 4 unspecified atom stereocenters. The molecule has 1 aliphatic carbocycles. The van der Waals surface area contributed by atoms with Crippen molar-refractivity contribution in [1.29, 1.82) is 0 Å². The number of fused-ring (bicyclic) bond motifs is 4. The van der Waals surface area contributed by atoms with E-state index in [-0.39, 0.29) is 25.0 Å². The van der Waals surface area contributed by atoms with Crippen LogP contribution in [0.15, 0.2) is 66.2 Å². The third-order valence-corrected chi connectivity index (χ3v) is 6.85. The van der Waals surface area contributed by atoms with Crippen molar-refractivity contribution >= 4 is 22.7 Å². The number of carbonyl (C=O) groups is 2. The summed E-state index contributed by atoms with van der Waals surface area (Å²) in [4.78, 5) is 30.8. The minimum atomic E-state index is -1.02. The van der Waals surface area contributed by atoms with Gasteiger partial charge in [0.15, 0.2) is 0 Å². The lowest BCUT2D eigenvalue weighted by molar-refractivity contribution is -0.134. The van der Waals surface area contributed by atoms with Crippen molar-refractivity contribution in [2.45, 2.75) is 37.5 Å². The molecule has 4 N–H and O–H groups in total. The van der Waals surface area contributed by atoms with E-state index in [1.807, 2.05) is 48.5 Å². The maximum atomic E-state index is 13.1. The predicted molar refractivity (Wildman–Crippen MR) is 131 cm³/mol. The largest absolute Gasteiger partial charge is 0.486 e. The van der Waals surface area contributed by atoms with Gasteiger partial charge in [-0.05, 0) is 29.7 Å². The molecule has 0 saturated heterocycles. The molecular weight excluding hydrogens is 446 g/mol. The molecule has 2 amide bonds. The average molecular weight is 476 g/mol. The molecule has 0 radical (unpaired) electrons. The fraction of sp³-hybridized carbons (Fsp3) is 0.333. The van der Waals surface area contributed by atoms with E-state index in [0.717, 1.165) is 22.2 Å².